The molecule has 0 unspecified atom stereocenters. The van der Waals surface area contributed by atoms with Crippen molar-refractivity contribution in [2.75, 3.05) is 13.1 Å². The van der Waals surface area contributed by atoms with Gasteiger partial charge < -0.3 is 9.64 Å². The smallest absolute Gasteiger partial charge is 0.267 e. The first-order valence-corrected chi connectivity index (χ1v) is 7.46. The minimum atomic E-state index is -0.0489. The molecule has 3 heterocycles. The van der Waals surface area contributed by atoms with E-state index in [0.717, 1.165) is 23.6 Å². The summed E-state index contributed by atoms with van der Waals surface area (Å²) < 4.78 is 9.57. The molecule has 2 aromatic heterocycles. The largest absolute Gasteiger partial charge is 0.471 e. The quantitative estimate of drug-likeness (QED) is 0.848. The van der Waals surface area contributed by atoms with Gasteiger partial charge in [-0.05, 0) is 31.4 Å². The Morgan fingerprint density at radius 2 is 2.19 bits per heavy atom. The molecule has 7 nitrogen and oxygen atoms in total. The minimum absolute atomic E-state index is 0.0245. The number of hydrogen-bond acceptors (Lipinski definition) is 7. The van der Waals surface area contributed by atoms with E-state index in [-0.39, 0.29) is 12.0 Å². The van der Waals surface area contributed by atoms with Crippen LogP contribution < -0.4 is 4.74 Å². The zero-order valence-corrected chi connectivity index (χ0v) is 12.6. The Kier molecular flexibility index (Phi) is 3.78. The third-order valence-corrected chi connectivity index (χ3v) is 4.15. The number of carbonyl (C=O) groups is 1. The fourth-order valence-corrected chi connectivity index (χ4v) is 2.83. The van der Waals surface area contributed by atoms with E-state index in [4.69, 9.17) is 4.74 Å². The highest BCUT2D eigenvalue weighted by molar-refractivity contribution is 7.07. The van der Waals surface area contributed by atoms with Gasteiger partial charge in [0.05, 0.1) is 17.9 Å². The van der Waals surface area contributed by atoms with Crippen LogP contribution in [0.25, 0.3) is 0 Å². The number of nitrogens with zero attached hydrogens (tertiary/aromatic N) is 5. The summed E-state index contributed by atoms with van der Waals surface area (Å²) in [6, 6.07) is 3.65. The summed E-state index contributed by atoms with van der Waals surface area (Å²) in [5.41, 5.74) is 1.53. The summed E-state index contributed by atoms with van der Waals surface area (Å²) in [5.74, 6) is 0.471. The van der Waals surface area contributed by atoms with E-state index in [0.29, 0.717) is 29.5 Å². The standard InChI is InChI=1S/C13H15N5O2S/c1-8-3-4-11(16-14-8)20-10-5-6-18(7-10)13(19)12-9(2)15-17-21-12/h3-4,10H,5-7H2,1-2H3/t10-/m0/s1. The van der Waals surface area contributed by atoms with E-state index in [1.807, 2.05) is 13.0 Å². The lowest BCUT2D eigenvalue weighted by Crippen LogP contribution is -2.31. The predicted octanol–water partition coefficient (Wildman–Crippen LogP) is 1.24. The molecule has 1 aliphatic rings. The van der Waals surface area contributed by atoms with E-state index in [1.54, 1.807) is 17.9 Å². The van der Waals surface area contributed by atoms with Gasteiger partial charge in [0, 0.05) is 19.0 Å². The van der Waals surface area contributed by atoms with Gasteiger partial charge in [0.2, 0.25) is 5.88 Å². The Balaban J connectivity index is 1.62. The van der Waals surface area contributed by atoms with Crippen LogP contribution in [0.5, 0.6) is 5.88 Å². The fraction of sp³-hybridized carbons (Fsp3) is 0.462. The van der Waals surface area contributed by atoms with Gasteiger partial charge in [-0.2, -0.15) is 5.10 Å². The van der Waals surface area contributed by atoms with Gasteiger partial charge in [-0.25, -0.2) is 0 Å². The van der Waals surface area contributed by atoms with Crippen molar-refractivity contribution in [3.8, 4) is 5.88 Å². The van der Waals surface area contributed by atoms with Crippen molar-refractivity contribution >= 4 is 17.4 Å². The van der Waals surface area contributed by atoms with Crippen LogP contribution in [-0.2, 0) is 0 Å². The molecular weight excluding hydrogens is 290 g/mol. The first-order chi connectivity index (χ1) is 10.1. The zero-order valence-electron chi connectivity index (χ0n) is 11.8. The molecule has 2 aromatic rings. The molecule has 1 amide bonds. The Labute approximate surface area is 126 Å². The molecule has 110 valence electrons. The number of likely N-dealkylation sites (tertiary alicyclic amines) is 1. The van der Waals surface area contributed by atoms with Crippen molar-refractivity contribution in [1.82, 2.24) is 24.7 Å². The molecule has 0 aromatic carbocycles. The lowest BCUT2D eigenvalue weighted by Gasteiger charge is -2.16. The van der Waals surface area contributed by atoms with Crippen LogP contribution in [0.3, 0.4) is 0 Å². The van der Waals surface area contributed by atoms with Crippen LogP contribution >= 0.6 is 11.5 Å². The molecule has 3 rings (SSSR count). The highest BCUT2D eigenvalue weighted by Crippen LogP contribution is 2.20. The number of aromatic nitrogens is 4. The average molecular weight is 305 g/mol. The number of hydrogen-bond donors (Lipinski definition) is 0. The topological polar surface area (TPSA) is 81.1 Å². The van der Waals surface area contributed by atoms with Crippen molar-refractivity contribution in [3.05, 3.63) is 28.4 Å². The van der Waals surface area contributed by atoms with Crippen LogP contribution in [0.2, 0.25) is 0 Å². The SMILES string of the molecule is Cc1ccc(O[C@H]2CCN(C(=O)c3snnc3C)C2)nn1. The third-order valence-electron chi connectivity index (χ3n) is 3.34. The van der Waals surface area contributed by atoms with Gasteiger partial charge in [-0.15, -0.1) is 10.2 Å². The van der Waals surface area contributed by atoms with Crippen molar-refractivity contribution in [2.45, 2.75) is 26.4 Å². The minimum Gasteiger partial charge on any atom is -0.471 e. The van der Waals surface area contributed by atoms with E-state index in [9.17, 15) is 4.79 Å². The molecule has 0 radical (unpaired) electrons. The molecule has 1 aliphatic heterocycles. The van der Waals surface area contributed by atoms with Crippen LogP contribution in [0.1, 0.15) is 27.5 Å². The Morgan fingerprint density at radius 1 is 1.33 bits per heavy atom. The summed E-state index contributed by atoms with van der Waals surface area (Å²) in [6.07, 6.45) is 0.735. The van der Waals surface area contributed by atoms with Crippen LogP contribution in [0, 0.1) is 13.8 Å². The highest BCUT2D eigenvalue weighted by Gasteiger charge is 2.30. The molecule has 0 bridgehead atoms. The Hall–Kier alpha value is -2.09. The van der Waals surface area contributed by atoms with E-state index >= 15 is 0 Å². The number of rotatable bonds is 3. The molecule has 21 heavy (non-hydrogen) atoms. The summed E-state index contributed by atoms with van der Waals surface area (Å²) >= 11 is 1.14. The summed E-state index contributed by atoms with van der Waals surface area (Å²) in [5, 5.41) is 11.8. The van der Waals surface area contributed by atoms with Gasteiger partial charge >= 0.3 is 0 Å². The summed E-state index contributed by atoms with van der Waals surface area (Å²) in [6.45, 7) is 4.88. The molecule has 8 heteroatoms. The summed E-state index contributed by atoms with van der Waals surface area (Å²) in [7, 11) is 0. The molecule has 0 saturated carbocycles. The van der Waals surface area contributed by atoms with Gasteiger partial charge in [0.15, 0.2) is 0 Å². The fourth-order valence-electron chi connectivity index (χ4n) is 2.20. The molecule has 1 fully saturated rings. The maximum Gasteiger partial charge on any atom is 0.267 e. The molecule has 1 atom stereocenters. The zero-order chi connectivity index (χ0) is 14.8. The number of aryl methyl sites for hydroxylation is 2. The van der Waals surface area contributed by atoms with Gasteiger partial charge in [0.25, 0.3) is 5.91 Å². The average Bonchev–Trinajstić information content (AvgIpc) is 3.10. The second-order valence-electron chi connectivity index (χ2n) is 4.98. The second-order valence-corrected chi connectivity index (χ2v) is 5.73. The molecular formula is C13H15N5O2S. The molecule has 0 N–H and O–H groups in total. The predicted molar refractivity (Wildman–Crippen MR) is 76.4 cm³/mol. The van der Waals surface area contributed by atoms with Crippen LogP contribution in [0.15, 0.2) is 12.1 Å². The van der Waals surface area contributed by atoms with E-state index in [1.165, 1.54) is 0 Å². The van der Waals surface area contributed by atoms with Crippen LogP contribution in [-0.4, -0.2) is 49.8 Å². The van der Waals surface area contributed by atoms with Crippen molar-refractivity contribution in [2.24, 2.45) is 0 Å². The summed E-state index contributed by atoms with van der Waals surface area (Å²) in [4.78, 5) is 14.7. The van der Waals surface area contributed by atoms with Crippen molar-refractivity contribution in [3.63, 3.8) is 0 Å². The number of carbonyl (C=O) groups excluding carboxylic acids is 1. The van der Waals surface area contributed by atoms with Gasteiger partial charge in [-0.1, -0.05) is 4.49 Å². The Bertz CT molecular complexity index is 642. The maximum absolute atomic E-state index is 12.3. The molecule has 1 saturated heterocycles. The second kappa shape index (κ2) is 5.72. The van der Waals surface area contributed by atoms with E-state index in [2.05, 4.69) is 19.8 Å². The van der Waals surface area contributed by atoms with Crippen molar-refractivity contribution < 1.29 is 9.53 Å². The molecule has 0 aliphatic carbocycles. The van der Waals surface area contributed by atoms with Crippen molar-refractivity contribution in [1.29, 1.82) is 0 Å². The first-order valence-electron chi connectivity index (χ1n) is 6.68. The van der Waals surface area contributed by atoms with Gasteiger partial charge in [-0.3, -0.25) is 4.79 Å². The maximum atomic E-state index is 12.3. The van der Waals surface area contributed by atoms with E-state index < -0.39 is 0 Å². The highest BCUT2D eigenvalue weighted by atomic mass is 32.1. The monoisotopic (exact) mass is 305 g/mol. The third kappa shape index (κ3) is 2.99. The lowest BCUT2D eigenvalue weighted by molar-refractivity contribution is 0.0774. The molecule has 0 spiro atoms. The first kappa shape index (κ1) is 13.9. The van der Waals surface area contributed by atoms with Crippen LogP contribution in [0.4, 0.5) is 0 Å². The normalized spacial score (nSPS) is 18.0. The number of amides is 1. The Morgan fingerprint density at radius 3 is 2.86 bits per heavy atom. The number of ether oxygens (including phenoxy) is 1. The lowest BCUT2D eigenvalue weighted by atomic mass is 10.3. The van der Waals surface area contributed by atoms with Gasteiger partial charge in [0.1, 0.15) is 11.0 Å².